The van der Waals surface area contributed by atoms with Crippen LogP contribution in [0.4, 0.5) is 4.79 Å². The maximum atomic E-state index is 12.9. The Morgan fingerprint density at radius 1 is 1.12 bits per heavy atom. The highest BCUT2D eigenvalue weighted by molar-refractivity contribution is 7.87. The summed E-state index contributed by atoms with van der Waals surface area (Å²) < 4.78 is 47.2. The second-order valence-electron chi connectivity index (χ2n) is 8.32. The monoisotopic (exact) mass is 492 g/mol. The van der Waals surface area contributed by atoms with Crippen LogP contribution in [0.15, 0.2) is 47.4 Å². The summed E-state index contributed by atoms with van der Waals surface area (Å²) in [6.45, 7) is 5.16. The number of carbonyl (C=O) groups is 1. The van der Waals surface area contributed by atoms with Gasteiger partial charge < -0.3 is 28.6 Å². The number of benzene rings is 2. The number of amides is 2. The van der Waals surface area contributed by atoms with Gasteiger partial charge in [-0.2, -0.15) is 8.42 Å². The summed E-state index contributed by atoms with van der Waals surface area (Å²) in [5.74, 6) is 0.833. The first-order chi connectivity index (χ1) is 16.2. The van der Waals surface area contributed by atoms with Gasteiger partial charge in [-0.1, -0.05) is 6.07 Å². The van der Waals surface area contributed by atoms with Crippen molar-refractivity contribution in [3.63, 3.8) is 0 Å². The van der Waals surface area contributed by atoms with E-state index in [1.54, 1.807) is 35.2 Å². The number of ether oxygens (including phenoxy) is 3. The first kappa shape index (κ1) is 25.6. The maximum absolute atomic E-state index is 12.9. The molecule has 1 saturated heterocycles. The second kappa shape index (κ2) is 11.4. The fourth-order valence-corrected chi connectivity index (χ4v) is 4.54. The second-order valence-corrected chi connectivity index (χ2v) is 9.86. The van der Waals surface area contributed by atoms with Crippen LogP contribution in [0.2, 0.25) is 0 Å². The molecule has 1 atom stereocenters. The summed E-state index contributed by atoms with van der Waals surface area (Å²) in [6, 6.07) is 10.6. The van der Waals surface area contributed by atoms with Crippen LogP contribution in [-0.2, 0) is 21.4 Å². The number of carbonyl (C=O) groups excluding carboxylic acids is 1. The van der Waals surface area contributed by atoms with E-state index < -0.39 is 10.1 Å². The molecule has 0 radical (unpaired) electrons. The fourth-order valence-electron chi connectivity index (χ4n) is 3.61. The van der Waals surface area contributed by atoms with Gasteiger partial charge in [0.05, 0.1) is 20.3 Å². The first-order valence-electron chi connectivity index (χ1n) is 11.1. The summed E-state index contributed by atoms with van der Waals surface area (Å²) in [5.41, 5.74) is 0.692. The topological polar surface area (TPSA) is 103 Å². The Hall–Kier alpha value is -2.98. The van der Waals surface area contributed by atoms with Gasteiger partial charge in [-0.3, -0.25) is 0 Å². The van der Waals surface area contributed by atoms with Crippen molar-refractivity contribution in [1.29, 1.82) is 0 Å². The standard InChI is InChI=1S/C24H32N2O7S/c1-17(2)25-24(27)26(16-20-6-5-13-32-20)15-18-7-12-22(31-4)23(14-18)33-34(28,29)21-10-8-19(30-3)9-11-21/h7-12,14,17,20H,5-6,13,15-16H2,1-4H3,(H,25,27)/t20-/m1/s1. The predicted molar refractivity (Wildman–Crippen MR) is 127 cm³/mol. The molecule has 2 aromatic carbocycles. The molecule has 1 fully saturated rings. The van der Waals surface area contributed by atoms with Crippen molar-refractivity contribution in [3.05, 3.63) is 48.0 Å². The Kier molecular flexibility index (Phi) is 8.62. The third-order valence-corrected chi connectivity index (χ3v) is 6.54. The Balaban J connectivity index is 1.83. The zero-order valence-electron chi connectivity index (χ0n) is 19.9. The summed E-state index contributed by atoms with van der Waals surface area (Å²) in [4.78, 5) is 14.5. The number of nitrogens with one attached hydrogen (secondary N) is 1. The molecular formula is C24H32N2O7S. The van der Waals surface area contributed by atoms with Crippen molar-refractivity contribution < 1.29 is 31.6 Å². The fraction of sp³-hybridized carbons (Fsp3) is 0.458. The molecule has 0 aromatic heterocycles. The minimum Gasteiger partial charge on any atom is -0.497 e. The van der Waals surface area contributed by atoms with Gasteiger partial charge in [0.25, 0.3) is 0 Å². The van der Waals surface area contributed by atoms with Gasteiger partial charge in [-0.25, -0.2) is 4.79 Å². The van der Waals surface area contributed by atoms with Crippen molar-refractivity contribution in [2.45, 2.75) is 50.3 Å². The van der Waals surface area contributed by atoms with Crippen LogP contribution >= 0.6 is 0 Å². The summed E-state index contributed by atoms with van der Waals surface area (Å²) in [6.07, 6.45) is 1.83. The molecule has 1 N–H and O–H groups in total. The predicted octanol–water partition coefficient (Wildman–Crippen LogP) is 3.57. The normalized spacial score (nSPS) is 15.7. The highest BCUT2D eigenvalue weighted by Gasteiger charge is 2.24. The third-order valence-electron chi connectivity index (χ3n) is 5.30. The van der Waals surface area contributed by atoms with Crippen molar-refractivity contribution >= 4 is 16.1 Å². The van der Waals surface area contributed by atoms with Crippen molar-refractivity contribution in [2.24, 2.45) is 0 Å². The van der Waals surface area contributed by atoms with Crippen LogP contribution in [0.3, 0.4) is 0 Å². The molecule has 1 aliphatic rings. The lowest BCUT2D eigenvalue weighted by atomic mass is 10.1. The van der Waals surface area contributed by atoms with Gasteiger partial charge in [0.15, 0.2) is 11.5 Å². The quantitative estimate of drug-likeness (QED) is 0.506. The highest BCUT2D eigenvalue weighted by Crippen LogP contribution is 2.32. The van der Waals surface area contributed by atoms with Crippen LogP contribution in [0.1, 0.15) is 32.3 Å². The van der Waals surface area contributed by atoms with Gasteiger partial charge in [0, 0.05) is 25.7 Å². The third kappa shape index (κ3) is 6.77. The number of methoxy groups -OCH3 is 2. The molecule has 0 bridgehead atoms. The van der Waals surface area contributed by atoms with E-state index in [9.17, 15) is 13.2 Å². The lowest BCUT2D eigenvalue weighted by molar-refractivity contribution is 0.0791. The van der Waals surface area contributed by atoms with Crippen molar-refractivity contribution in [2.75, 3.05) is 27.4 Å². The summed E-state index contributed by atoms with van der Waals surface area (Å²) >= 11 is 0. The van der Waals surface area contributed by atoms with Crippen LogP contribution in [0, 0.1) is 0 Å². The Morgan fingerprint density at radius 2 is 1.85 bits per heavy atom. The summed E-state index contributed by atoms with van der Waals surface area (Å²) in [7, 11) is -1.18. The van der Waals surface area contributed by atoms with Gasteiger partial charge in [-0.15, -0.1) is 0 Å². The molecule has 2 aromatic rings. The number of hydrogen-bond acceptors (Lipinski definition) is 7. The van der Waals surface area contributed by atoms with Crippen molar-refractivity contribution in [1.82, 2.24) is 10.2 Å². The smallest absolute Gasteiger partial charge is 0.339 e. The first-order valence-corrected chi connectivity index (χ1v) is 12.5. The molecule has 9 nitrogen and oxygen atoms in total. The molecule has 10 heteroatoms. The van der Waals surface area contributed by atoms with E-state index in [0.29, 0.717) is 24.5 Å². The SMILES string of the molecule is COc1ccc(S(=O)(=O)Oc2cc(CN(C[C@H]3CCCO3)C(=O)NC(C)C)ccc2OC)cc1. The molecule has 1 heterocycles. The van der Waals surface area contributed by atoms with Crippen LogP contribution in [0.5, 0.6) is 17.2 Å². The lowest BCUT2D eigenvalue weighted by Gasteiger charge is -2.27. The minimum absolute atomic E-state index is 0.0166. The number of urea groups is 1. The zero-order chi connectivity index (χ0) is 24.7. The molecular weight excluding hydrogens is 460 g/mol. The largest absolute Gasteiger partial charge is 0.497 e. The average Bonchev–Trinajstić information content (AvgIpc) is 3.31. The zero-order valence-corrected chi connectivity index (χ0v) is 20.8. The van der Waals surface area contributed by atoms with Gasteiger partial charge >= 0.3 is 16.1 Å². The van der Waals surface area contributed by atoms with E-state index in [1.165, 1.54) is 26.4 Å². The molecule has 186 valence electrons. The molecule has 0 unspecified atom stereocenters. The van der Waals surface area contributed by atoms with E-state index >= 15 is 0 Å². The molecule has 34 heavy (non-hydrogen) atoms. The molecule has 3 rings (SSSR count). The van der Waals surface area contributed by atoms with E-state index in [1.807, 2.05) is 13.8 Å². The lowest BCUT2D eigenvalue weighted by Crippen LogP contribution is -2.45. The van der Waals surface area contributed by atoms with Gasteiger partial charge in [0.2, 0.25) is 0 Å². The van der Waals surface area contributed by atoms with E-state index in [-0.39, 0.29) is 41.1 Å². The average molecular weight is 493 g/mol. The molecule has 0 spiro atoms. The van der Waals surface area contributed by atoms with E-state index in [2.05, 4.69) is 5.32 Å². The summed E-state index contributed by atoms with van der Waals surface area (Å²) in [5, 5.41) is 2.91. The van der Waals surface area contributed by atoms with Gasteiger partial charge in [0.1, 0.15) is 10.6 Å². The molecule has 0 saturated carbocycles. The van der Waals surface area contributed by atoms with Crippen LogP contribution in [0.25, 0.3) is 0 Å². The molecule has 0 aliphatic carbocycles. The maximum Gasteiger partial charge on any atom is 0.339 e. The minimum atomic E-state index is -4.12. The molecule has 1 aliphatic heterocycles. The Morgan fingerprint density at radius 3 is 2.44 bits per heavy atom. The van der Waals surface area contributed by atoms with Crippen LogP contribution in [-0.4, -0.2) is 58.9 Å². The Bertz CT molecular complexity index is 1070. The van der Waals surface area contributed by atoms with Gasteiger partial charge in [-0.05, 0) is 68.7 Å². The Labute approximate surface area is 201 Å². The number of rotatable bonds is 10. The number of nitrogens with zero attached hydrogens (tertiary/aromatic N) is 1. The van der Waals surface area contributed by atoms with E-state index in [0.717, 1.165) is 12.8 Å². The van der Waals surface area contributed by atoms with E-state index in [4.69, 9.17) is 18.4 Å². The van der Waals surface area contributed by atoms with Crippen molar-refractivity contribution in [3.8, 4) is 17.2 Å². The number of hydrogen-bond donors (Lipinski definition) is 1. The molecule has 2 amide bonds. The van der Waals surface area contributed by atoms with Crippen LogP contribution < -0.4 is 19.0 Å². The highest BCUT2D eigenvalue weighted by atomic mass is 32.2.